The van der Waals surface area contributed by atoms with Crippen LogP contribution in [0.2, 0.25) is 0 Å². The summed E-state index contributed by atoms with van der Waals surface area (Å²) in [6, 6.07) is 14.9. The third kappa shape index (κ3) is 2.67. The zero-order valence-corrected chi connectivity index (χ0v) is 11.9. The van der Waals surface area contributed by atoms with Crippen molar-refractivity contribution in [2.45, 2.75) is 0 Å². The SMILES string of the molecule is CN(c1ccc(C=O)cc1Br)c1ccccc1C#N. The first-order valence-electron chi connectivity index (χ1n) is 5.65. The predicted octanol–water partition coefficient (Wildman–Crippen LogP) is 3.90. The summed E-state index contributed by atoms with van der Waals surface area (Å²) < 4.78 is 0.812. The number of carbonyl (C=O) groups excluding carboxylic acids is 1. The molecular weight excluding hydrogens is 304 g/mol. The lowest BCUT2D eigenvalue weighted by molar-refractivity contribution is 0.112. The van der Waals surface area contributed by atoms with Crippen LogP contribution in [0.5, 0.6) is 0 Å². The van der Waals surface area contributed by atoms with Crippen molar-refractivity contribution in [2.24, 2.45) is 0 Å². The Hall–Kier alpha value is -2.12. The van der Waals surface area contributed by atoms with Gasteiger partial charge in [-0.25, -0.2) is 0 Å². The van der Waals surface area contributed by atoms with E-state index in [1.165, 1.54) is 0 Å². The van der Waals surface area contributed by atoms with Crippen molar-refractivity contribution in [3.63, 3.8) is 0 Å². The summed E-state index contributed by atoms with van der Waals surface area (Å²) in [6.45, 7) is 0. The van der Waals surface area contributed by atoms with E-state index >= 15 is 0 Å². The lowest BCUT2D eigenvalue weighted by Crippen LogP contribution is -2.11. The molecule has 0 atom stereocenters. The first-order chi connectivity index (χ1) is 9.17. The molecule has 2 aromatic rings. The molecule has 0 unspecified atom stereocenters. The van der Waals surface area contributed by atoms with Crippen LogP contribution in [-0.2, 0) is 0 Å². The van der Waals surface area contributed by atoms with Crippen LogP contribution in [0.3, 0.4) is 0 Å². The molecule has 3 nitrogen and oxygen atoms in total. The van der Waals surface area contributed by atoms with Gasteiger partial charge in [0.25, 0.3) is 0 Å². The molecule has 0 heterocycles. The fourth-order valence-electron chi connectivity index (χ4n) is 1.86. The average molecular weight is 315 g/mol. The van der Waals surface area contributed by atoms with Gasteiger partial charge in [-0.3, -0.25) is 4.79 Å². The van der Waals surface area contributed by atoms with E-state index in [-0.39, 0.29) is 0 Å². The van der Waals surface area contributed by atoms with Crippen molar-refractivity contribution >= 4 is 33.6 Å². The molecule has 0 saturated carbocycles. The Kier molecular flexibility index (Phi) is 3.98. The molecule has 19 heavy (non-hydrogen) atoms. The van der Waals surface area contributed by atoms with Gasteiger partial charge in [0.2, 0.25) is 0 Å². The van der Waals surface area contributed by atoms with E-state index in [9.17, 15) is 4.79 Å². The van der Waals surface area contributed by atoms with Crippen LogP contribution >= 0.6 is 15.9 Å². The number of nitrogens with zero attached hydrogens (tertiary/aromatic N) is 2. The van der Waals surface area contributed by atoms with Crippen molar-refractivity contribution in [1.29, 1.82) is 5.26 Å². The highest BCUT2D eigenvalue weighted by molar-refractivity contribution is 9.10. The predicted molar refractivity (Wildman–Crippen MR) is 78.7 cm³/mol. The van der Waals surface area contributed by atoms with E-state index in [2.05, 4.69) is 22.0 Å². The lowest BCUT2D eigenvalue weighted by Gasteiger charge is -2.22. The van der Waals surface area contributed by atoms with Gasteiger partial charge in [-0.2, -0.15) is 5.26 Å². The van der Waals surface area contributed by atoms with E-state index in [0.717, 1.165) is 22.1 Å². The summed E-state index contributed by atoms with van der Waals surface area (Å²) in [5.74, 6) is 0. The van der Waals surface area contributed by atoms with Crippen LogP contribution in [0, 0.1) is 11.3 Å². The zero-order chi connectivity index (χ0) is 13.8. The molecule has 4 heteroatoms. The third-order valence-corrected chi connectivity index (χ3v) is 3.49. The molecule has 0 aliphatic heterocycles. The van der Waals surface area contributed by atoms with E-state index in [4.69, 9.17) is 5.26 Å². The summed E-state index contributed by atoms with van der Waals surface area (Å²) >= 11 is 3.45. The topological polar surface area (TPSA) is 44.1 Å². The van der Waals surface area contributed by atoms with E-state index in [1.54, 1.807) is 18.2 Å². The molecule has 94 valence electrons. The molecule has 0 aliphatic rings. The van der Waals surface area contributed by atoms with Crippen LogP contribution < -0.4 is 4.90 Å². The number of hydrogen-bond donors (Lipinski definition) is 0. The Bertz CT molecular complexity index is 661. The summed E-state index contributed by atoms with van der Waals surface area (Å²) in [5, 5.41) is 9.13. The van der Waals surface area contributed by atoms with Gasteiger partial charge in [0, 0.05) is 17.1 Å². The maximum atomic E-state index is 10.7. The number of nitriles is 1. The largest absolute Gasteiger partial charge is 0.343 e. The molecule has 0 spiro atoms. The number of carbonyl (C=O) groups is 1. The van der Waals surface area contributed by atoms with Crippen LogP contribution in [0.4, 0.5) is 11.4 Å². The van der Waals surface area contributed by atoms with Crippen LogP contribution in [0.15, 0.2) is 46.9 Å². The van der Waals surface area contributed by atoms with Crippen molar-refractivity contribution in [3.8, 4) is 6.07 Å². The van der Waals surface area contributed by atoms with Gasteiger partial charge in [0.1, 0.15) is 12.4 Å². The molecule has 0 aromatic heterocycles. The van der Waals surface area contributed by atoms with Gasteiger partial charge in [-0.1, -0.05) is 12.1 Å². The van der Waals surface area contributed by atoms with Gasteiger partial charge in [-0.15, -0.1) is 0 Å². The van der Waals surface area contributed by atoms with Crippen LogP contribution in [0.1, 0.15) is 15.9 Å². The summed E-state index contributed by atoms with van der Waals surface area (Å²) in [7, 11) is 1.89. The van der Waals surface area contributed by atoms with E-state index in [1.807, 2.05) is 36.2 Å². The first-order valence-corrected chi connectivity index (χ1v) is 6.44. The molecule has 0 radical (unpaired) electrons. The summed E-state index contributed by atoms with van der Waals surface area (Å²) in [6.07, 6.45) is 0.803. The zero-order valence-electron chi connectivity index (χ0n) is 10.3. The Balaban J connectivity index is 2.47. The number of hydrogen-bond acceptors (Lipinski definition) is 3. The second kappa shape index (κ2) is 5.68. The normalized spacial score (nSPS) is 9.74. The maximum absolute atomic E-state index is 10.7. The quantitative estimate of drug-likeness (QED) is 0.807. The third-order valence-electron chi connectivity index (χ3n) is 2.86. The van der Waals surface area contributed by atoms with Crippen LogP contribution in [-0.4, -0.2) is 13.3 Å². The van der Waals surface area contributed by atoms with Gasteiger partial charge in [0.05, 0.1) is 16.9 Å². The Morgan fingerprint density at radius 2 is 1.95 bits per heavy atom. The highest BCUT2D eigenvalue weighted by Crippen LogP contribution is 2.32. The minimum atomic E-state index is 0.608. The molecule has 0 fully saturated rings. The van der Waals surface area contributed by atoms with Gasteiger partial charge in [0.15, 0.2) is 0 Å². The average Bonchev–Trinajstić information content (AvgIpc) is 2.46. The molecule has 0 aliphatic carbocycles. The first kappa shape index (κ1) is 13.3. The molecule has 2 rings (SSSR count). The van der Waals surface area contributed by atoms with Crippen molar-refractivity contribution in [2.75, 3.05) is 11.9 Å². The van der Waals surface area contributed by atoms with Gasteiger partial charge in [-0.05, 0) is 46.3 Å². The highest BCUT2D eigenvalue weighted by atomic mass is 79.9. The number of rotatable bonds is 3. The smallest absolute Gasteiger partial charge is 0.150 e. The maximum Gasteiger partial charge on any atom is 0.150 e. The minimum Gasteiger partial charge on any atom is -0.343 e. The molecule has 0 saturated heterocycles. The Morgan fingerprint density at radius 3 is 2.58 bits per heavy atom. The van der Waals surface area contributed by atoms with Gasteiger partial charge < -0.3 is 4.90 Å². The number of benzene rings is 2. The Morgan fingerprint density at radius 1 is 1.21 bits per heavy atom. The summed E-state index contributed by atoms with van der Waals surface area (Å²) in [4.78, 5) is 12.6. The Labute approximate surface area is 120 Å². The second-order valence-corrected chi connectivity index (χ2v) is 4.87. The molecule has 0 amide bonds. The fraction of sp³-hybridized carbons (Fsp3) is 0.0667. The number of halogens is 1. The monoisotopic (exact) mass is 314 g/mol. The number of para-hydroxylation sites is 1. The molecule has 0 bridgehead atoms. The molecule has 0 N–H and O–H groups in total. The highest BCUT2D eigenvalue weighted by Gasteiger charge is 2.11. The number of aldehydes is 1. The second-order valence-electron chi connectivity index (χ2n) is 4.02. The number of anilines is 2. The van der Waals surface area contributed by atoms with Crippen molar-refractivity contribution in [3.05, 3.63) is 58.1 Å². The summed E-state index contributed by atoms with van der Waals surface area (Å²) in [5.41, 5.74) is 2.94. The molecule has 2 aromatic carbocycles. The van der Waals surface area contributed by atoms with Crippen molar-refractivity contribution in [1.82, 2.24) is 0 Å². The fourth-order valence-corrected chi connectivity index (χ4v) is 2.52. The van der Waals surface area contributed by atoms with Crippen LogP contribution in [0.25, 0.3) is 0 Å². The standard InChI is InChI=1S/C15H11BrN2O/c1-18(14-5-3-2-4-12(14)9-17)15-7-6-11(10-19)8-13(15)16/h2-8,10H,1H3. The van der Waals surface area contributed by atoms with Crippen molar-refractivity contribution < 1.29 is 4.79 Å². The van der Waals surface area contributed by atoms with E-state index < -0.39 is 0 Å². The minimum absolute atomic E-state index is 0.608. The van der Waals surface area contributed by atoms with E-state index in [0.29, 0.717) is 11.1 Å². The lowest BCUT2D eigenvalue weighted by atomic mass is 10.1. The molecular formula is C15H11BrN2O. The van der Waals surface area contributed by atoms with Gasteiger partial charge >= 0.3 is 0 Å².